The van der Waals surface area contributed by atoms with E-state index in [2.05, 4.69) is 44.4 Å². The molecule has 6 nitrogen and oxygen atoms in total. The maximum absolute atomic E-state index is 12.3. The number of carbonyl (C=O) groups excluding carboxylic acids is 1. The zero-order valence-electron chi connectivity index (χ0n) is 14.5. The Bertz CT molecular complexity index is 970. The van der Waals surface area contributed by atoms with Crippen LogP contribution in [0, 0.1) is 0 Å². The molecule has 1 aromatic heterocycles. The Balaban J connectivity index is 1.57. The van der Waals surface area contributed by atoms with E-state index in [9.17, 15) is 4.79 Å². The van der Waals surface area contributed by atoms with Crippen molar-refractivity contribution in [1.82, 2.24) is 20.2 Å². The molecule has 0 bridgehead atoms. The highest BCUT2D eigenvalue weighted by molar-refractivity contribution is 6.06. The number of rotatable bonds is 2. The van der Waals surface area contributed by atoms with Gasteiger partial charge in [-0.05, 0) is 36.4 Å². The predicted octanol–water partition coefficient (Wildman–Crippen LogP) is 1.86. The number of para-hydroxylation sites is 1. The SMILES string of the molecule is O=C1NCCn2c(-c3ccc(N4CCNCC4)cc3)nc3cccc1c32. The molecule has 0 aliphatic carbocycles. The molecule has 1 saturated heterocycles. The topological polar surface area (TPSA) is 62.2 Å². The van der Waals surface area contributed by atoms with Crippen LogP contribution in [0.5, 0.6) is 0 Å². The minimum absolute atomic E-state index is 0.0187. The zero-order valence-corrected chi connectivity index (χ0v) is 14.5. The van der Waals surface area contributed by atoms with Crippen LogP contribution in [0.15, 0.2) is 42.5 Å². The molecule has 2 aromatic carbocycles. The first kappa shape index (κ1) is 15.4. The van der Waals surface area contributed by atoms with Gasteiger partial charge in [-0.25, -0.2) is 4.98 Å². The average molecular weight is 347 g/mol. The third-order valence-corrected chi connectivity index (χ3v) is 5.24. The molecule has 3 heterocycles. The molecule has 3 aromatic rings. The summed E-state index contributed by atoms with van der Waals surface area (Å²) in [5, 5.41) is 6.35. The summed E-state index contributed by atoms with van der Waals surface area (Å²) in [6.07, 6.45) is 0. The highest BCUT2D eigenvalue weighted by Gasteiger charge is 2.21. The standard InChI is InChI=1S/C20H21N5O/c26-20-16-2-1-3-17-18(16)25(13-10-22-20)19(23-17)14-4-6-15(7-5-14)24-11-8-21-9-12-24/h1-7,21H,8-13H2,(H,22,26). The molecule has 2 aliphatic rings. The number of aromatic nitrogens is 2. The number of nitrogens with one attached hydrogen (secondary N) is 2. The van der Waals surface area contributed by atoms with E-state index in [1.807, 2.05) is 18.2 Å². The van der Waals surface area contributed by atoms with Crippen molar-refractivity contribution in [2.24, 2.45) is 0 Å². The first-order chi connectivity index (χ1) is 12.8. The fourth-order valence-electron chi connectivity index (χ4n) is 3.93. The smallest absolute Gasteiger partial charge is 0.253 e. The van der Waals surface area contributed by atoms with Crippen LogP contribution in [0.3, 0.4) is 0 Å². The fraction of sp³-hybridized carbons (Fsp3) is 0.300. The Labute approximate surface area is 151 Å². The molecular formula is C20H21N5O. The van der Waals surface area contributed by atoms with E-state index in [0.717, 1.165) is 55.1 Å². The number of imidazole rings is 1. The van der Waals surface area contributed by atoms with Gasteiger partial charge in [-0.15, -0.1) is 0 Å². The second-order valence-corrected chi connectivity index (χ2v) is 6.80. The van der Waals surface area contributed by atoms with Gasteiger partial charge in [0.05, 0.1) is 16.6 Å². The van der Waals surface area contributed by atoms with Crippen molar-refractivity contribution in [3.63, 3.8) is 0 Å². The summed E-state index contributed by atoms with van der Waals surface area (Å²) >= 11 is 0. The average Bonchev–Trinajstić information content (AvgIpc) is 2.98. The second kappa shape index (κ2) is 6.14. The number of benzene rings is 2. The number of hydrogen-bond acceptors (Lipinski definition) is 4. The summed E-state index contributed by atoms with van der Waals surface area (Å²) in [7, 11) is 0. The van der Waals surface area contributed by atoms with E-state index in [-0.39, 0.29) is 5.91 Å². The summed E-state index contributed by atoms with van der Waals surface area (Å²) in [5.41, 5.74) is 4.85. The van der Waals surface area contributed by atoms with Gasteiger partial charge in [-0.1, -0.05) is 6.07 Å². The van der Waals surface area contributed by atoms with Crippen molar-refractivity contribution in [3.8, 4) is 11.4 Å². The number of carbonyl (C=O) groups is 1. The monoisotopic (exact) mass is 347 g/mol. The van der Waals surface area contributed by atoms with Crippen LogP contribution in [0.2, 0.25) is 0 Å². The van der Waals surface area contributed by atoms with Gasteiger partial charge in [0.1, 0.15) is 5.82 Å². The van der Waals surface area contributed by atoms with E-state index in [1.54, 1.807) is 0 Å². The normalized spacial score (nSPS) is 17.2. The molecule has 1 fully saturated rings. The lowest BCUT2D eigenvalue weighted by Crippen LogP contribution is -2.43. The molecule has 0 atom stereocenters. The molecule has 0 saturated carbocycles. The third kappa shape index (κ3) is 2.45. The summed E-state index contributed by atoms with van der Waals surface area (Å²) in [6, 6.07) is 14.4. The molecule has 1 amide bonds. The van der Waals surface area contributed by atoms with Gasteiger partial charge in [0, 0.05) is 50.5 Å². The lowest BCUT2D eigenvalue weighted by Gasteiger charge is -2.29. The first-order valence-electron chi connectivity index (χ1n) is 9.15. The molecule has 26 heavy (non-hydrogen) atoms. The van der Waals surface area contributed by atoms with Crippen LogP contribution >= 0.6 is 0 Å². The van der Waals surface area contributed by atoms with Gasteiger partial charge >= 0.3 is 0 Å². The Kier molecular flexibility index (Phi) is 3.64. The quantitative estimate of drug-likeness (QED) is 0.743. The number of amides is 1. The molecule has 0 radical (unpaired) electrons. The molecule has 2 aliphatic heterocycles. The molecular weight excluding hydrogens is 326 g/mol. The van der Waals surface area contributed by atoms with Gasteiger partial charge in [-0.2, -0.15) is 0 Å². The van der Waals surface area contributed by atoms with Gasteiger partial charge in [-0.3, -0.25) is 4.79 Å². The van der Waals surface area contributed by atoms with Crippen molar-refractivity contribution in [2.45, 2.75) is 6.54 Å². The lowest BCUT2D eigenvalue weighted by atomic mass is 10.1. The number of piperazine rings is 1. The summed E-state index contributed by atoms with van der Waals surface area (Å²) in [5.74, 6) is 0.908. The molecule has 132 valence electrons. The summed E-state index contributed by atoms with van der Waals surface area (Å²) in [6.45, 7) is 5.48. The third-order valence-electron chi connectivity index (χ3n) is 5.24. The maximum Gasteiger partial charge on any atom is 0.253 e. The number of nitrogens with zero attached hydrogens (tertiary/aromatic N) is 3. The molecule has 6 heteroatoms. The predicted molar refractivity (Wildman–Crippen MR) is 103 cm³/mol. The summed E-state index contributed by atoms with van der Waals surface area (Å²) < 4.78 is 2.17. The van der Waals surface area contributed by atoms with Gasteiger partial charge in [0.15, 0.2) is 0 Å². The summed E-state index contributed by atoms with van der Waals surface area (Å²) in [4.78, 5) is 19.5. The molecule has 5 rings (SSSR count). The van der Waals surface area contributed by atoms with Crippen LogP contribution in [0.4, 0.5) is 5.69 Å². The van der Waals surface area contributed by atoms with E-state index in [1.165, 1.54) is 5.69 Å². The van der Waals surface area contributed by atoms with Crippen molar-refractivity contribution in [1.29, 1.82) is 0 Å². The minimum atomic E-state index is -0.0187. The Morgan fingerprint density at radius 3 is 2.54 bits per heavy atom. The zero-order chi connectivity index (χ0) is 17.5. The first-order valence-corrected chi connectivity index (χ1v) is 9.15. The van der Waals surface area contributed by atoms with Crippen LogP contribution in [0.1, 0.15) is 10.4 Å². The van der Waals surface area contributed by atoms with Crippen molar-refractivity contribution < 1.29 is 4.79 Å². The van der Waals surface area contributed by atoms with Crippen LogP contribution in [-0.2, 0) is 6.54 Å². The molecule has 0 unspecified atom stereocenters. The maximum atomic E-state index is 12.3. The largest absolute Gasteiger partial charge is 0.369 e. The van der Waals surface area contributed by atoms with E-state index in [0.29, 0.717) is 12.1 Å². The van der Waals surface area contributed by atoms with Gasteiger partial charge in [0.2, 0.25) is 0 Å². The van der Waals surface area contributed by atoms with Crippen LogP contribution in [-0.4, -0.2) is 48.2 Å². The van der Waals surface area contributed by atoms with Crippen LogP contribution in [0.25, 0.3) is 22.4 Å². The van der Waals surface area contributed by atoms with Gasteiger partial charge in [0.25, 0.3) is 5.91 Å². The van der Waals surface area contributed by atoms with E-state index >= 15 is 0 Å². The Morgan fingerprint density at radius 2 is 1.73 bits per heavy atom. The van der Waals surface area contributed by atoms with Gasteiger partial charge < -0.3 is 20.1 Å². The Morgan fingerprint density at radius 1 is 0.923 bits per heavy atom. The van der Waals surface area contributed by atoms with E-state index in [4.69, 9.17) is 4.98 Å². The number of anilines is 1. The number of hydrogen-bond donors (Lipinski definition) is 2. The minimum Gasteiger partial charge on any atom is -0.369 e. The highest BCUT2D eigenvalue weighted by Crippen LogP contribution is 2.29. The Hall–Kier alpha value is -2.86. The molecule has 2 N–H and O–H groups in total. The van der Waals surface area contributed by atoms with Crippen molar-refractivity contribution >= 4 is 22.6 Å². The molecule has 0 spiro atoms. The van der Waals surface area contributed by atoms with Crippen molar-refractivity contribution in [3.05, 3.63) is 48.0 Å². The fourth-order valence-corrected chi connectivity index (χ4v) is 3.93. The second-order valence-electron chi connectivity index (χ2n) is 6.80. The van der Waals surface area contributed by atoms with Crippen LogP contribution < -0.4 is 15.5 Å². The highest BCUT2D eigenvalue weighted by atomic mass is 16.1. The van der Waals surface area contributed by atoms with Crippen molar-refractivity contribution in [2.75, 3.05) is 37.6 Å². The van der Waals surface area contributed by atoms with E-state index < -0.39 is 0 Å². The lowest BCUT2D eigenvalue weighted by molar-refractivity contribution is 0.0956.